The third-order valence-corrected chi connectivity index (χ3v) is 5.93. The van der Waals surface area contributed by atoms with Gasteiger partial charge in [-0.05, 0) is 105 Å². The van der Waals surface area contributed by atoms with Crippen LogP contribution in [-0.4, -0.2) is 35.0 Å². The second-order valence-electron chi connectivity index (χ2n) is 10.4. The van der Waals surface area contributed by atoms with Gasteiger partial charge >= 0.3 is 6.09 Å². The molecule has 6 heteroatoms. The van der Waals surface area contributed by atoms with E-state index in [0.717, 1.165) is 27.8 Å². The third kappa shape index (κ3) is 6.00. The van der Waals surface area contributed by atoms with Gasteiger partial charge in [0, 0.05) is 0 Å². The molecular weight excluding hydrogens is 460 g/mol. The fourth-order valence-electron chi connectivity index (χ4n) is 4.23. The first-order valence-corrected chi connectivity index (χ1v) is 11.9. The summed E-state index contributed by atoms with van der Waals surface area (Å²) in [5.74, 6) is -0.612. The van der Waals surface area contributed by atoms with Crippen LogP contribution in [0.3, 0.4) is 0 Å². The molecule has 1 aliphatic heterocycles. The standard InChI is InChI=1S/C30H31F2NO3/c1-29(2,3)36-28(34)33-27(19-35-30(33,4)5)15-6-20-16-23(21-7-11-25(31)12-8-21)18-24(17-20)22-9-13-26(32)14-10-22/h6-18,27H,19H2,1-5H3/t27-/m1/s1. The number of ether oxygens (including phenoxy) is 2. The minimum atomic E-state index is -0.813. The second kappa shape index (κ2) is 9.86. The van der Waals surface area contributed by atoms with Gasteiger partial charge < -0.3 is 9.47 Å². The fourth-order valence-corrected chi connectivity index (χ4v) is 4.23. The number of hydrogen-bond acceptors (Lipinski definition) is 3. The van der Waals surface area contributed by atoms with Crippen LogP contribution in [0.4, 0.5) is 13.6 Å². The van der Waals surface area contributed by atoms with Crippen molar-refractivity contribution >= 4 is 12.2 Å². The van der Waals surface area contributed by atoms with Crippen LogP contribution in [0.25, 0.3) is 28.3 Å². The predicted molar refractivity (Wildman–Crippen MR) is 138 cm³/mol. The van der Waals surface area contributed by atoms with E-state index in [0.29, 0.717) is 6.61 Å². The first kappa shape index (κ1) is 25.6. The van der Waals surface area contributed by atoms with E-state index in [1.54, 1.807) is 29.2 Å². The average molecular weight is 492 g/mol. The lowest BCUT2D eigenvalue weighted by Gasteiger charge is -2.34. The molecule has 0 N–H and O–H groups in total. The van der Waals surface area contributed by atoms with E-state index >= 15 is 0 Å². The Hall–Kier alpha value is -3.51. The van der Waals surface area contributed by atoms with Crippen LogP contribution in [0, 0.1) is 11.6 Å². The van der Waals surface area contributed by atoms with Crippen LogP contribution in [0.1, 0.15) is 40.2 Å². The van der Waals surface area contributed by atoms with Crippen molar-refractivity contribution < 1.29 is 23.0 Å². The van der Waals surface area contributed by atoms with Crippen molar-refractivity contribution in [2.75, 3.05) is 6.61 Å². The molecule has 0 aliphatic carbocycles. The van der Waals surface area contributed by atoms with E-state index in [9.17, 15) is 13.6 Å². The second-order valence-corrected chi connectivity index (χ2v) is 10.4. The van der Waals surface area contributed by atoms with Crippen LogP contribution in [0.15, 0.2) is 72.8 Å². The maximum atomic E-state index is 13.5. The minimum absolute atomic E-state index is 0.306. The molecule has 1 aliphatic rings. The van der Waals surface area contributed by atoms with Gasteiger partial charge in [-0.1, -0.05) is 36.4 Å². The Morgan fingerprint density at radius 2 is 1.42 bits per heavy atom. The SMILES string of the molecule is CC(C)(C)OC(=O)N1[C@H](C=Cc2cc(-c3ccc(F)cc3)cc(-c3ccc(F)cc3)c2)COC1(C)C. The molecule has 4 rings (SSSR count). The summed E-state index contributed by atoms with van der Waals surface area (Å²) in [4.78, 5) is 14.6. The highest BCUT2D eigenvalue weighted by Gasteiger charge is 2.44. The van der Waals surface area contributed by atoms with Gasteiger partial charge in [-0.25, -0.2) is 13.6 Å². The van der Waals surface area contributed by atoms with Gasteiger partial charge in [0.1, 0.15) is 23.0 Å². The van der Waals surface area contributed by atoms with E-state index in [-0.39, 0.29) is 17.7 Å². The largest absolute Gasteiger partial charge is 0.444 e. The molecule has 0 unspecified atom stereocenters. The minimum Gasteiger partial charge on any atom is -0.444 e. The van der Waals surface area contributed by atoms with Crippen LogP contribution in [0.5, 0.6) is 0 Å². The number of nitrogens with zero attached hydrogens (tertiary/aromatic N) is 1. The molecular formula is C30H31F2NO3. The normalized spacial score (nSPS) is 17.5. The van der Waals surface area contributed by atoms with Gasteiger partial charge in [-0.3, -0.25) is 4.90 Å². The molecule has 4 nitrogen and oxygen atoms in total. The molecule has 36 heavy (non-hydrogen) atoms. The Balaban J connectivity index is 1.70. The maximum Gasteiger partial charge on any atom is 0.413 e. The Morgan fingerprint density at radius 3 is 1.89 bits per heavy atom. The molecule has 3 aromatic rings. The molecule has 0 bridgehead atoms. The molecule has 1 saturated heterocycles. The number of halogens is 2. The van der Waals surface area contributed by atoms with Gasteiger partial charge in [0.15, 0.2) is 0 Å². The van der Waals surface area contributed by atoms with Crippen molar-refractivity contribution in [1.82, 2.24) is 4.90 Å². The zero-order chi connectivity index (χ0) is 26.1. The first-order valence-electron chi connectivity index (χ1n) is 11.9. The lowest BCUT2D eigenvalue weighted by atomic mass is 9.95. The van der Waals surface area contributed by atoms with Gasteiger partial charge in [0.2, 0.25) is 0 Å². The van der Waals surface area contributed by atoms with Crippen molar-refractivity contribution in [3.63, 3.8) is 0 Å². The molecule has 0 aromatic heterocycles. The van der Waals surface area contributed by atoms with Gasteiger partial charge in [-0.15, -0.1) is 0 Å². The van der Waals surface area contributed by atoms with Gasteiger partial charge in [0.05, 0.1) is 12.6 Å². The first-order chi connectivity index (χ1) is 16.9. The van der Waals surface area contributed by atoms with Crippen LogP contribution < -0.4 is 0 Å². The number of carbonyl (C=O) groups is 1. The lowest BCUT2D eigenvalue weighted by molar-refractivity contribution is -0.0610. The van der Waals surface area contributed by atoms with E-state index in [1.165, 1.54) is 24.3 Å². The molecule has 3 aromatic carbocycles. The van der Waals surface area contributed by atoms with E-state index < -0.39 is 17.4 Å². The number of rotatable bonds is 4. The number of carbonyl (C=O) groups excluding carboxylic acids is 1. The summed E-state index contributed by atoms with van der Waals surface area (Å²) in [5, 5.41) is 0. The highest BCUT2D eigenvalue weighted by molar-refractivity contribution is 5.77. The lowest BCUT2D eigenvalue weighted by Crippen LogP contribution is -2.49. The molecule has 0 saturated carbocycles. The summed E-state index contributed by atoms with van der Waals surface area (Å²) >= 11 is 0. The van der Waals surface area contributed by atoms with Crippen LogP contribution in [-0.2, 0) is 9.47 Å². The maximum absolute atomic E-state index is 13.5. The quantitative estimate of drug-likeness (QED) is 0.376. The van der Waals surface area contributed by atoms with Crippen molar-refractivity contribution in [3.05, 3.63) is 90.0 Å². The summed E-state index contributed by atoms with van der Waals surface area (Å²) in [6, 6.07) is 18.3. The van der Waals surface area contributed by atoms with E-state index in [4.69, 9.17) is 9.47 Å². The van der Waals surface area contributed by atoms with Crippen molar-refractivity contribution in [2.45, 2.75) is 52.0 Å². The van der Waals surface area contributed by atoms with E-state index in [1.807, 2.05) is 65.0 Å². The highest BCUT2D eigenvalue weighted by Crippen LogP contribution is 2.32. The Kier molecular flexibility index (Phi) is 7.01. The molecule has 188 valence electrons. The number of hydrogen-bond donors (Lipinski definition) is 0. The molecule has 1 atom stereocenters. The number of amides is 1. The molecule has 0 spiro atoms. The monoisotopic (exact) mass is 491 g/mol. The summed E-state index contributed by atoms with van der Waals surface area (Å²) in [7, 11) is 0. The van der Waals surface area contributed by atoms with Gasteiger partial charge in [0.25, 0.3) is 0 Å². The Morgan fingerprint density at radius 1 is 0.917 bits per heavy atom. The van der Waals surface area contributed by atoms with Crippen molar-refractivity contribution in [3.8, 4) is 22.3 Å². The summed E-state index contributed by atoms with van der Waals surface area (Å²) in [6.45, 7) is 9.51. The van der Waals surface area contributed by atoms with Crippen LogP contribution in [0.2, 0.25) is 0 Å². The molecule has 0 radical (unpaired) electrons. The summed E-state index contributed by atoms with van der Waals surface area (Å²) in [6.07, 6.45) is 3.43. The van der Waals surface area contributed by atoms with Crippen molar-refractivity contribution in [2.24, 2.45) is 0 Å². The zero-order valence-corrected chi connectivity index (χ0v) is 21.2. The average Bonchev–Trinajstić information content (AvgIpc) is 3.11. The van der Waals surface area contributed by atoms with Crippen LogP contribution >= 0.6 is 0 Å². The smallest absolute Gasteiger partial charge is 0.413 e. The molecule has 1 heterocycles. The Labute approximate surface area is 211 Å². The van der Waals surface area contributed by atoms with Gasteiger partial charge in [-0.2, -0.15) is 0 Å². The van der Waals surface area contributed by atoms with E-state index in [2.05, 4.69) is 0 Å². The van der Waals surface area contributed by atoms with Crippen molar-refractivity contribution in [1.29, 1.82) is 0 Å². The molecule has 1 amide bonds. The summed E-state index contributed by atoms with van der Waals surface area (Å²) in [5.41, 5.74) is 2.94. The topological polar surface area (TPSA) is 38.8 Å². The number of benzene rings is 3. The summed E-state index contributed by atoms with van der Waals surface area (Å²) < 4.78 is 38.6. The third-order valence-electron chi connectivity index (χ3n) is 5.93. The Bertz CT molecular complexity index is 1200. The predicted octanol–water partition coefficient (Wildman–Crippen LogP) is 7.68. The highest BCUT2D eigenvalue weighted by atomic mass is 19.1. The molecule has 1 fully saturated rings. The fraction of sp³-hybridized carbons (Fsp3) is 0.300. The zero-order valence-electron chi connectivity index (χ0n) is 21.2.